The molecule has 1 aliphatic rings. The van der Waals surface area contributed by atoms with Gasteiger partial charge in [0.05, 0.1) is 13.2 Å². The summed E-state index contributed by atoms with van der Waals surface area (Å²) in [5.74, 6) is 2.52. The zero-order valence-electron chi connectivity index (χ0n) is 25.1. The molecule has 3 aromatic rings. The largest absolute Gasteiger partial charge is 0.493 e. The van der Waals surface area contributed by atoms with E-state index < -0.39 is 0 Å². The summed E-state index contributed by atoms with van der Waals surface area (Å²) in [7, 11) is 0. The number of hydrogen-bond donors (Lipinski definition) is 0. The van der Waals surface area contributed by atoms with E-state index in [0.717, 1.165) is 138 Å². The van der Waals surface area contributed by atoms with Crippen LogP contribution < -0.4 is 9.47 Å². The maximum atomic E-state index is 6.54. The van der Waals surface area contributed by atoms with E-state index in [2.05, 4.69) is 24.3 Å². The van der Waals surface area contributed by atoms with Crippen molar-refractivity contribution >= 4 is 0 Å². The number of hydrogen-bond acceptors (Lipinski definition) is 6. The van der Waals surface area contributed by atoms with Crippen LogP contribution in [0.1, 0.15) is 56.9 Å². The van der Waals surface area contributed by atoms with Crippen LogP contribution in [-0.4, -0.2) is 59.5 Å². The van der Waals surface area contributed by atoms with Crippen LogP contribution in [0.5, 0.6) is 17.2 Å². The topological polar surface area (TPSA) is 55.4 Å². The minimum atomic E-state index is 0.644. The van der Waals surface area contributed by atoms with E-state index >= 15 is 0 Å². The lowest BCUT2D eigenvalue weighted by Crippen LogP contribution is -2.05. The SMILES string of the molecule is c1ccc2c(c1)CCOCCCCOCCCCOCCCCOCCCCOc1ccccc1-c1ccccc1O2. The standard InChI is InChI=1S/C36H48O6/c1-4-18-34-31(15-1)21-30-40-28-12-11-26-38-24-8-7-22-37-23-9-10-25-39-27-13-14-29-41-35-19-5-2-16-32(35)33-17-3-6-20-36(33)42-34/h1-6,15-20H,7-14,21-30H2. The Hall–Kier alpha value is -2.90. The number of benzene rings is 3. The van der Waals surface area contributed by atoms with Crippen LogP contribution in [0.25, 0.3) is 11.1 Å². The first-order valence-corrected chi connectivity index (χ1v) is 15.8. The molecule has 0 saturated heterocycles. The number of rotatable bonds is 0. The highest BCUT2D eigenvalue weighted by Gasteiger charge is 2.13. The third-order valence-electron chi connectivity index (χ3n) is 7.20. The molecule has 0 fully saturated rings. The third kappa shape index (κ3) is 11.8. The molecule has 0 spiro atoms. The van der Waals surface area contributed by atoms with E-state index in [0.29, 0.717) is 13.2 Å². The molecule has 0 saturated carbocycles. The fourth-order valence-electron chi connectivity index (χ4n) is 4.82. The zero-order chi connectivity index (χ0) is 28.9. The molecule has 0 N–H and O–H groups in total. The van der Waals surface area contributed by atoms with Gasteiger partial charge in [-0.3, -0.25) is 0 Å². The Bertz CT molecular complexity index is 1130. The van der Waals surface area contributed by atoms with Crippen LogP contribution >= 0.6 is 0 Å². The van der Waals surface area contributed by atoms with E-state index in [1.165, 1.54) is 0 Å². The van der Waals surface area contributed by atoms with E-state index in [1.807, 2.05) is 48.5 Å². The lowest BCUT2D eigenvalue weighted by Gasteiger charge is -2.17. The van der Waals surface area contributed by atoms with Gasteiger partial charge in [0.15, 0.2) is 0 Å². The van der Waals surface area contributed by atoms with Gasteiger partial charge in [-0.1, -0.05) is 54.6 Å². The molecule has 6 heteroatoms. The summed E-state index contributed by atoms with van der Waals surface area (Å²) in [5, 5.41) is 0. The molecule has 0 aliphatic carbocycles. The second-order valence-corrected chi connectivity index (χ2v) is 10.6. The van der Waals surface area contributed by atoms with E-state index in [-0.39, 0.29) is 0 Å². The molecule has 42 heavy (non-hydrogen) atoms. The van der Waals surface area contributed by atoms with Crippen molar-refractivity contribution in [1.29, 1.82) is 0 Å². The highest BCUT2D eigenvalue weighted by molar-refractivity contribution is 5.76. The smallest absolute Gasteiger partial charge is 0.135 e. The Morgan fingerprint density at radius 3 is 1.33 bits per heavy atom. The number of ether oxygens (including phenoxy) is 6. The molecule has 6 nitrogen and oxygen atoms in total. The molecule has 3 aromatic carbocycles. The molecule has 0 unspecified atom stereocenters. The molecule has 0 radical (unpaired) electrons. The Balaban J connectivity index is 1.37. The Kier molecular flexibility index (Phi) is 15.3. The third-order valence-corrected chi connectivity index (χ3v) is 7.20. The second kappa shape index (κ2) is 20.1. The van der Waals surface area contributed by atoms with Crippen molar-refractivity contribution < 1.29 is 28.4 Å². The Morgan fingerprint density at radius 2 is 0.762 bits per heavy atom. The van der Waals surface area contributed by atoms with E-state index in [4.69, 9.17) is 28.4 Å². The Labute approximate surface area is 252 Å². The van der Waals surface area contributed by atoms with Crippen molar-refractivity contribution in [2.75, 3.05) is 59.5 Å². The molecule has 0 amide bonds. The van der Waals surface area contributed by atoms with Crippen molar-refractivity contribution in [2.45, 2.75) is 57.8 Å². The van der Waals surface area contributed by atoms with Crippen molar-refractivity contribution in [3.63, 3.8) is 0 Å². The maximum absolute atomic E-state index is 6.54. The Morgan fingerprint density at radius 1 is 0.357 bits per heavy atom. The molecule has 4 rings (SSSR count). The summed E-state index contributed by atoms with van der Waals surface area (Å²) in [5.41, 5.74) is 3.16. The average Bonchev–Trinajstić information content (AvgIpc) is 3.02. The second-order valence-electron chi connectivity index (χ2n) is 10.6. The summed E-state index contributed by atoms with van der Waals surface area (Å²) in [4.78, 5) is 0. The van der Waals surface area contributed by atoms with Crippen molar-refractivity contribution in [1.82, 2.24) is 0 Å². The van der Waals surface area contributed by atoms with Gasteiger partial charge in [0.25, 0.3) is 0 Å². The minimum Gasteiger partial charge on any atom is -0.493 e. The van der Waals surface area contributed by atoms with Crippen LogP contribution in [0.2, 0.25) is 0 Å². The average molecular weight is 577 g/mol. The molecule has 0 aromatic heterocycles. The summed E-state index contributed by atoms with van der Waals surface area (Å²) < 4.78 is 36.1. The minimum absolute atomic E-state index is 0.644. The molecular formula is C36H48O6. The zero-order valence-corrected chi connectivity index (χ0v) is 25.1. The summed E-state index contributed by atoms with van der Waals surface area (Å²) in [6.07, 6.45) is 8.87. The van der Waals surface area contributed by atoms with Gasteiger partial charge in [-0.05, 0) is 81.5 Å². The monoisotopic (exact) mass is 576 g/mol. The fourth-order valence-corrected chi connectivity index (χ4v) is 4.82. The molecule has 1 heterocycles. The lowest BCUT2D eigenvalue weighted by atomic mass is 10.0. The number of fused-ring (bicyclic) bond motifs is 4. The predicted molar refractivity (Wildman–Crippen MR) is 168 cm³/mol. The van der Waals surface area contributed by atoms with E-state index in [1.54, 1.807) is 0 Å². The normalized spacial score (nSPS) is 18.2. The quantitative estimate of drug-likeness (QED) is 0.269. The van der Waals surface area contributed by atoms with Crippen LogP contribution in [-0.2, 0) is 25.4 Å². The van der Waals surface area contributed by atoms with Gasteiger partial charge < -0.3 is 28.4 Å². The van der Waals surface area contributed by atoms with Crippen molar-refractivity contribution in [3.05, 3.63) is 78.4 Å². The van der Waals surface area contributed by atoms with Gasteiger partial charge in [0, 0.05) is 57.4 Å². The molecule has 228 valence electrons. The summed E-state index contributed by atoms with van der Waals surface area (Å²) >= 11 is 0. The van der Waals surface area contributed by atoms with Crippen LogP contribution in [0.4, 0.5) is 0 Å². The van der Waals surface area contributed by atoms with Gasteiger partial charge in [-0.2, -0.15) is 0 Å². The molecular weight excluding hydrogens is 528 g/mol. The van der Waals surface area contributed by atoms with E-state index in [9.17, 15) is 0 Å². The van der Waals surface area contributed by atoms with Crippen LogP contribution in [0.15, 0.2) is 72.8 Å². The molecule has 0 atom stereocenters. The lowest BCUT2D eigenvalue weighted by molar-refractivity contribution is 0.0845. The van der Waals surface area contributed by atoms with Gasteiger partial charge in [0.2, 0.25) is 0 Å². The predicted octanol–water partition coefficient (Wildman–Crippen LogP) is 8.27. The molecule has 1 aliphatic heterocycles. The molecule has 0 bridgehead atoms. The first-order valence-electron chi connectivity index (χ1n) is 15.8. The first kappa shape index (κ1) is 32.0. The van der Waals surface area contributed by atoms with Gasteiger partial charge >= 0.3 is 0 Å². The fraction of sp³-hybridized carbons (Fsp3) is 0.500. The van der Waals surface area contributed by atoms with Gasteiger partial charge in [-0.25, -0.2) is 0 Å². The summed E-state index contributed by atoms with van der Waals surface area (Å²) in [6, 6.07) is 24.6. The number of para-hydroxylation sites is 3. The highest BCUT2D eigenvalue weighted by Crippen LogP contribution is 2.39. The highest BCUT2D eigenvalue weighted by atomic mass is 16.5. The van der Waals surface area contributed by atoms with Crippen LogP contribution in [0.3, 0.4) is 0 Å². The summed E-state index contributed by atoms with van der Waals surface area (Å²) in [6.45, 7) is 6.78. The van der Waals surface area contributed by atoms with Crippen molar-refractivity contribution in [3.8, 4) is 28.4 Å². The van der Waals surface area contributed by atoms with Gasteiger partial charge in [0.1, 0.15) is 17.2 Å². The van der Waals surface area contributed by atoms with Crippen LogP contribution in [0, 0.1) is 0 Å². The first-order chi connectivity index (χ1) is 20.9. The maximum Gasteiger partial charge on any atom is 0.135 e. The van der Waals surface area contributed by atoms with Gasteiger partial charge in [-0.15, -0.1) is 0 Å². The van der Waals surface area contributed by atoms with Crippen molar-refractivity contribution in [2.24, 2.45) is 0 Å².